The van der Waals surface area contributed by atoms with E-state index in [-0.39, 0.29) is 11.1 Å². The van der Waals surface area contributed by atoms with Crippen molar-refractivity contribution in [2.24, 2.45) is 0 Å². The van der Waals surface area contributed by atoms with E-state index < -0.39 is 11.9 Å². The van der Waals surface area contributed by atoms with Crippen LogP contribution < -0.4 is 0 Å². The zero-order valence-electron chi connectivity index (χ0n) is 25.8. The van der Waals surface area contributed by atoms with E-state index >= 15 is 0 Å². The summed E-state index contributed by atoms with van der Waals surface area (Å²) in [5, 5.41) is 20.2. The third kappa shape index (κ3) is 10.2. The van der Waals surface area contributed by atoms with Crippen molar-refractivity contribution in [3.05, 3.63) is 82.9 Å². The number of hydrogen-bond acceptors (Lipinski definition) is 2. The molecule has 226 valence electrons. The van der Waals surface area contributed by atoms with Gasteiger partial charge in [0, 0.05) is 11.1 Å². The van der Waals surface area contributed by atoms with E-state index in [4.69, 9.17) is 0 Å². The number of carbonyl (C=O) groups is 2. The van der Waals surface area contributed by atoms with E-state index in [1.165, 1.54) is 100 Å². The molecule has 0 unspecified atom stereocenters. The topological polar surface area (TPSA) is 74.6 Å². The standard InChI is InChI=1S/C38H50O4/c1-3-5-7-9-11-13-15-17-29-19-23-31(24-20-29)35-33(37(39)40)27-28-34(38(41)42)36(35)32-25-21-30(22-26-32)18-16-14-12-10-8-6-4-2/h19-28H,3-18H2,1-2H3,(H,39,40)(H,41,42). The van der Waals surface area contributed by atoms with Gasteiger partial charge in [0.05, 0.1) is 11.1 Å². The zero-order chi connectivity index (χ0) is 30.2. The first-order valence-electron chi connectivity index (χ1n) is 16.3. The average Bonchev–Trinajstić information content (AvgIpc) is 3.00. The maximum Gasteiger partial charge on any atom is 0.336 e. The Balaban J connectivity index is 1.80. The van der Waals surface area contributed by atoms with Crippen LogP contribution in [0.1, 0.15) is 136 Å². The summed E-state index contributed by atoms with van der Waals surface area (Å²) in [6.07, 6.45) is 19.6. The number of aryl methyl sites for hydroxylation is 2. The fourth-order valence-electron chi connectivity index (χ4n) is 5.81. The molecule has 0 amide bonds. The van der Waals surface area contributed by atoms with Gasteiger partial charge in [-0.05, 0) is 60.1 Å². The first-order valence-corrected chi connectivity index (χ1v) is 16.3. The normalized spacial score (nSPS) is 11.1. The predicted octanol–water partition coefficient (Wildman–Crippen LogP) is 11.0. The van der Waals surface area contributed by atoms with Crippen molar-refractivity contribution in [1.82, 2.24) is 0 Å². The van der Waals surface area contributed by atoms with Crippen LogP contribution in [0.4, 0.5) is 0 Å². The second-order valence-corrected chi connectivity index (χ2v) is 11.7. The molecule has 3 aromatic carbocycles. The Hall–Kier alpha value is -3.40. The van der Waals surface area contributed by atoms with Crippen molar-refractivity contribution < 1.29 is 19.8 Å². The van der Waals surface area contributed by atoms with E-state index in [0.29, 0.717) is 11.1 Å². The number of benzene rings is 3. The highest BCUT2D eigenvalue weighted by Gasteiger charge is 2.23. The summed E-state index contributed by atoms with van der Waals surface area (Å²) in [6.45, 7) is 4.47. The van der Waals surface area contributed by atoms with Crippen molar-refractivity contribution in [1.29, 1.82) is 0 Å². The second-order valence-electron chi connectivity index (χ2n) is 11.7. The van der Waals surface area contributed by atoms with Gasteiger partial charge in [0.25, 0.3) is 0 Å². The van der Waals surface area contributed by atoms with Crippen LogP contribution in [0.15, 0.2) is 60.7 Å². The number of aromatic carboxylic acids is 2. The van der Waals surface area contributed by atoms with Gasteiger partial charge in [0.1, 0.15) is 0 Å². The third-order valence-corrected chi connectivity index (χ3v) is 8.29. The Morgan fingerprint density at radius 1 is 0.452 bits per heavy atom. The quantitative estimate of drug-likeness (QED) is 0.132. The molecular formula is C38H50O4. The van der Waals surface area contributed by atoms with Gasteiger partial charge in [-0.3, -0.25) is 0 Å². The SMILES string of the molecule is CCCCCCCCCc1ccc(-c2c(C(=O)O)ccc(C(=O)O)c2-c2ccc(CCCCCCCCC)cc2)cc1. The van der Waals surface area contributed by atoms with Crippen LogP contribution in [-0.4, -0.2) is 22.2 Å². The number of hydrogen-bond donors (Lipinski definition) is 2. The molecular weight excluding hydrogens is 520 g/mol. The van der Waals surface area contributed by atoms with Crippen LogP contribution in [-0.2, 0) is 12.8 Å². The summed E-state index contributed by atoms with van der Waals surface area (Å²) in [5.74, 6) is -2.13. The largest absolute Gasteiger partial charge is 0.478 e. The van der Waals surface area contributed by atoms with Gasteiger partial charge < -0.3 is 10.2 Å². The molecule has 0 saturated heterocycles. The molecule has 0 aromatic heterocycles. The summed E-state index contributed by atoms with van der Waals surface area (Å²) in [4.78, 5) is 24.7. The van der Waals surface area contributed by atoms with Gasteiger partial charge >= 0.3 is 11.9 Å². The Labute approximate surface area is 253 Å². The Morgan fingerprint density at radius 3 is 1.07 bits per heavy atom. The fraction of sp³-hybridized carbons (Fsp3) is 0.474. The van der Waals surface area contributed by atoms with E-state index in [1.54, 1.807) is 0 Å². The van der Waals surface area contributed by atoms with Gasteiger partial charge in [0.2, 0.25) is 0 Å². The Kier molecular flexibility index (Phi) is 14.3. The molecule has 4 nitrogen and oxygen atoms in total. The monoisotopic (exact) mass is 570 g/mol. The molecule has 0 aliphatic heterocycles. The molecule has 0 fully saturated rings. The first-order chi connectivity index (χ1) is 20.5. The van der Waals surface area contributed by atoms with Crippen LogP contribution in [0.25, 0.3) is 22.3 Å². The van der Waals surface area contributed by atoms with Gasteiger partial charge in [-0.15, -0.1) is 0 Å². The Bertz CT molecular complexity index is 1140. The molecule has 0 radical (unpaired) electrons. The Morgan fingerprint density at radius 2 is 0.762 bits per heavy atom. The van der Waals surface area contributed by atoms with Crippen molar-refractivity contribution in [3.8, 4) is 22.3 Å². The lowest BCUT2D eigenvalue weighted by Crippen LogP contribution is -2.07. The van der Waals surface area contributed by atoms with Crippen molar-refractivity contribution in [3.63, 3.8) is 0 Å². The lowest BCUT2D eigenvalue weighted by atomic mass is 9.86. The van der Waals surface area contributed by atoms with Crippen molar-refractivity contribution in [2.75, 3.05) is 0 Å². The lowest BCUT2D eigenvalue weighted by Gasteiger charge is -2.17. The zero-order valence-corrected chi connectivity index (χ0v) is 25.8. The van der Waals surface area contributed by atoms with E-state index in [2.05, 4.69) is 38.1 Å². The minimum absolute atomic E-state index is 0.113. The summed E-state index contributed by atoms with van der Waals surface area (Å²) in [7, 11) is 0. The number of carboxylic acid groups (broad SMARTS) is 2. The minimum atomic E-state index is -1.06. The van der Waals surface area contributed by atoms with E-state index in [0.717, 1.165) is 36.8 Å². The average molecular weight is 571 g/mol. The highest BCUT2D eigenvalue weighted by atomic mass is 16.4. The van der Waals surface area contributed by atoms with E-state index in [1.807, 2.05) is 24.3 Å². The molecule has 2 N–H and O–H groups in total. The molecule has 0 saturated carbocycles. The molecule has 0 aliphatic carbocycles. The highest BCUT2D eigenvalue weighted by Crippen LogP contribution is 2.38. The molecule has 0 bridgehead atoms. The predicted molar refractivity (Wildman–Crippen MR) is 175 cm³/mol. The number of unbranched alkanes of at least 4 members (excludes halogenated alkanes) is 12. The van der Waals surface area contributed by atoms with E-state index in [9.17, 15) is 19.8 Å². The van der Waals surface area contributed by atoms with Crippen LogP contribution in [0.2, 0.25) is 0 Å². The maximum absolute atomic E-state index is 12.3. The number of carboxylic acids is 2. The van der Waals surface area contributed by atoms with Crippen molar-refractivity contribution in [2.45, 2.75) is 117 Å². The highest BCUT2D eigenvalue weighted by molar-refractivity contribution is 6.08. The molecule has 42 heavy (non-hydrogen) atoms. The molecule has 0 heterocycles. The maximum atomic E-state index is 12.3. The molecule has 0 spiro atoms. The summed E-state index contributed by atoms with van der Waals surface area (Å²) < 4.78 is 0. The van der Waals surface area contributed by atoms with Gasteiger partial charge in [-0.2, -0.15) is 0 Å². The summed E-state index contributed by atoms with van der Waals surface area (Å²) >= 11 is 0. The fourth-order valence-corrected chi connectivity index (χ4v) is 5.81. The molecule has 3 rings (SSSR count). The molecule has 0 aliphatic rings. The second kappa shape index (κ2) is 18.2. The third-order valence-electron chi connectivity index (χ3n) is 8.29. The first kappa shape index (κ1) is 33.1. The smallest absolute Gasteiger partial charge is 0.336 e. The molecule has 0 atom stereocenters. The summed E-state index contributed by atoms with van der Waals surface area (Å²) in [6, 6.07) is 18.9. The molecule has 3 aromatic rings. The molecule has 4 heteroatoms. The van der Waals surface area contributed by atoms with Gasteiger partial charge in [-0.1, -0.05) is 139 Å². The van der Waals surface area contributed by atoms with Crippen molar-refractivity contribution >= 4 is 11.9 Å². The number of rotatable bonds is 20. The van der Waals surface area contributed by atoms with Gasteiger partial charge in [-0.25, -0.2) is 9.59 Å². The summed E-state index contributed by atoms with van der Waals surface area (Å²) in [5.41, 5.74) is 5.03. The van der Waals surface area contributed by atoms with Crippen LogP contribution in [0, 0.1) is 0 Å². The van der Waals surface area contributed by atoms with Gasteiger partial charge in [0.15, 0.2) is 0 Å². The minimum Gasteiger partial charge on any atom is -0.478 e. The van der Waals surface area contributed by atoms with Crippen LogP contribution in [0.5, 0.6) is 0 Å². The lowest BCUT2D eigenvalue weighted by molar-refractivity contribution is 0.0682. The van der Waals surface area contributed by atoms with Crippen LogP contribution >= 0.6 is 0 Å². The van der Waals surface area contributed by atoms with Crippen LogP contribution in [0.3, 0.4) is 0 Å².